The zero-order valence-corrected chi connectivity index (χ0v) is 13.9. The quantitative estimate of drug-likeness (QED) is 0.740. The number of ether oxygens (including phenoxy) is 1. The minimum atomic E-state index is -3.36. The van der Waals surface area contributed by atoms with Gasteiger partial charge in [-0.05, 0) is 53.6 Å². The lowest BCUT2D eigenvalue weighted by Gasteiger charge is -2.20. The molecule has 6 heteroatoms. The number of hydrogen-bond donors (Lipinski definition) is 0. The molecule has 106 valence electrons. The van der Waals surface area contributed by atoms with Crippen molar-refractivity contribution >= 4 is 32.6 Å². The molecule has 0 aliphatic carbocycles. The topological polar surface area (TPSA) is 46.6 Å². The summed E-state index contributed by atoms with van der Waals surface area (Å²) in [6.07, 6.45) is 4.14. The average Bonchev–Trinajstić information content (AvgIpc) is 2.67. The maximum Gasteiger partial charge on any atom is 0.243 e. The van der Waals surface area contributed by atoms with Gasteiger partial charge in [-0.2, -0.15) is 4.31 Å². The van der Waals surface area contributed by atoms with Crippen LogP contribution in [0.1, 0.15) is 25.7 Å². The smallest absolute Gasteiger partial charge is 0.243 e. The average molecular weight is 395 g/mol. The van der Waals surface area contributed by atoms with Gasteiger partial charge < -0.3 is 4.74 Å². The minimum Gasteiger partial charge on any atom is -0.496 e. The molecule has 0 aromatic heterocycles. The van der Waals surface area contributed by atoms with E-state index in [1.54, 1.807) is 29.6 Å². The number of methoxy groups -OCH3 is 1. The first-order valence-corrected chi connectivity index (χ1v) is 8.91. The van der Waals surface area contributed by atoms with Crippen molar-refractivity contribution in [2.75, 3.05) is 20.2 Å². The van der Waals surface area contributed by atoms with E-state index < -0.39 is 10.0 Å². The fourth-order valence-electron chi connectivity index (χ4n) is 2.24. The Morgan fingerprint density at radius 2 is 1.79 bits per heavy atom. The predicted octanol–water partition coefficient (Wildman–Crippen LogP) is 2.86. The third-order valence-electron chi connectivity index (χ3n) is 3.33. The van der Waals surface area contributed by atoms with E-state index in [0.717, 1.165) is 29.3 Å². The highest BCUT2D eigenvalue weighted by Crippen LogP contribution is 2.26. The summed E-state index contributed by atoms with van der Waals surface area (Å²) in [5.74, 6) is 0.704. The molecule has 1 aromatic rings. The summed E-state index contributed by atoms with van der Waals surface area (Å²) in [5.41, 5.74) is 0. The Morgan fingerprint density at radius 3 is 2.32 bits per heavy atom. The van der Waals surface area contributed by atoms with Gasteiger partial charge in [-0.25, -0.2) is 8.42 Å². The van der Waals surface area contributed by atoms with Crippen LogP contribution in [0.5, 0.6) is 5.75 Å². The van der Waals surface area contributed by atoms with Crippen LogP contribution in [0.4, 0.5) is 0 Å². The Hall–Kier alpha value is -0.340. The molecule has 0 amide bonds. The van der Waals surface area contributed by atoms with Crippen molar-refractivity contribution in [3.63, 3.8) is 0 Å². The van der Waals surface area contributed by atoms with Gasteiger partial charge in [0.25, 0.3) is 0 Å². The van der Waals surface area contributed by atoms with Crippen molar-refractivity contribution in [2.45, 2.75) is 30.6 Å². The molecule has 4 nitrogen and oxygen atoms in total. The molecular formula is C13H18INO3S. The Bertz CT molecular complexity index is 537. The van der Waals surface area contributed by atoms with Crippen LogP contribution >= 0.6 is 22.6 Å². The van der Waals surface area contributed by atoms with Gasteiger partial charge in [-0.1, -0.05) is 12.8 Å². The number of hydrogen-bond acceptors (Lipinski definition) is 3. The van der Waals surface area contributed by atoms with Crippen molar-refractivity contribution in [3.05, 3.63) is 21.8 Å². The first-order chi connectivity index (χ1) is 9.05. The molecule has 0 N–H and O–H groups in total. The number of rotatable bonds is 3. The van der Waals surface area contributed by atoms with Crippen LogP contribution < -0.4 is 4.74 Å². The van der Waals surface area contributed by atoms with Gasteiger partial charge in [-0.15, -0.1) is 0 Å². The van der Waals surface area contributed by atoms with Gasteiger partial charge in [0.15, 0.2) is 0 Å². The number of nitrogens with zero attached hydrogens (tertiary/aromatic N) is 1. The zero-order valence-electron chi connectivity index (χ0n) is 10.9. The van der Waals surface area contributed by atoms with Crippen LogP contribution in [0.2, 0.25) is 0 Å². The highest BCUT2D eigenvalue weighted by Gasteiger charge is 2.25. The molecule has 1 aromatic carbocycles. The number of sulfonamides is 1. The van der Waals surface area contributed by atoms with Crippen molar-refractivity contribution in [2.24, 2.45) is 0 Å². The highest BCUT2D eigenvalue weighted by atomic mass is 127. The van der Waals surface area contributed by atoms with Crippen molar-refractivity contribution < 1.29 is 13.2 Å². The van der Waals surface area contributed by atoms with Gasteiger partial charge in [0.2, 0.25) is 10.0 Å². The highest BCUT2D eigenvalue weighted by molar-refractivity contribution is 14.1. The van der Waals surface area contributed by atoms with Crippen LogP contribution in [0.15, 0.2) is 23.1 Å². The Labute approximate surface area is 128 Å². The zero-order chi connectivity index (χ0) is 13.9. The van der Waals surface area contributed by atoms with Gasteiger partial charge in [0.1, 0.15) is 5.75 Å². The Kier molecular flexibility index (Phi) is 5.08. The van der Waals surface area contributed by atoms with E-state index in [4.69, 9.17) is 4.74 Å². The van der Waals surface area contributed by atoms with Crippen LogP contribution in [0.3, 0.4) is 0 Å². The lowest BCUT2D eigenvalue weighted by molar-refractivity contribution is 0.410. The molecule has 0 saturated carbocycles. The maximum absolute atomic E-state index is 12.6. The summed E-state index contributed by atoms with van der Waals surface area (Å²) in [5, 5.41) is 0. The summed E-state index contributed by atoms with van der Waals surface area (Å²) in [7, 11) is -1.78. The second-order valence-corrected chi connectivity index (χ2v) is 7.71. The fraction of sp³-hybridized carbons (Fsp3) is 0.538. The van der Waals surface area contributed by atoms with E-state index in [2.05, 4.69) is 22.6 Å². The molecule has 0 bridgehead atoms. The Morgan fingerprint density at radius 1 is 1.16 bits per heavy atom. The van der Waals surface area contributed by atoms with Crippen LogP contribution in [-0.4, -0.2) is 32.9 Å². The third-order valence-corrected chi connectivity index (χ3v) is 6.06. The molecule has 1 heterocycles. The van der Waals surface area contributed by atoms with Gasteiger partial charge in [0.05, 0.1) is 15.6 Å². The van der Waals surface area contributed by atoms with E-state index in [0.29, 0.717) is 23.7 Å². The first-order valence-electron chi connectivity index (χ1n) is 6.39. The van der Waals surface area contributed by atoms with Crippen LogP contribution in [0, 0.1) is 3.57 Å². The van der Waals surface area contributed by atoms with Crippen LogP contribution in [0.25, 0.3) is 0 Å². The van der Waals surface area contributed by atoms with Gasteiger partial charge >= 0.3 is 0 Å². The molecule has 0 atom stereocenters. The van der Waals surface area contributed by atoms with E-state index in [9.17, 15) is 8.42 Å². The molecular weight excluding hydrogens is 377 g/mol. The summed E-state index contributed by atoms with van der Waals surface area (Å²) >= 11 is 2.10. The van der Waals surface area contributed by atoms with E-state index in [-0.39, 0.29) is 0 Å². The summed E-state index contributed by atoms with van der Waals surface area (Å²) in [4.78, 5) is 0.361. The Balaban J connectivity index is 2.30. The minimum absolute atomic E-state index is 0.361. The van der Waals surface area contributed by atoms with Gasteiger partial charge in [0, 0.05) is 13.1 Å². The van der Waals surface area contributed by atoms with Gasteiger partial charge in [-0.3, -0.25) is 0 Å². The van der Waals surface area contributed by atoms with Crippen molar-refractivity contribution in [1.82, 2.24) is 4.31 Å². The lowest BCUT2D eigenvalue weighted by atomic mass is 10.2. The van der Waals surface area contributed by atoms with Crippen molar-refractivity contribution in [3.8, 4) is 5.75 Å². The molecule has 0 unspecified atom stereocenters. The second-order valence-electron chi connectivity index (χ2n) is 4.61. The monoisotopic (exact) mass is 395 g/mol. The standard InChI is InChI=1S/C13H18INO3S/c1-18-13-7-6-11(10-12(13)14)19(16,17)15-8-4-2-3-5-9-15/h6-7,10H,2-5,8-9H2,1H3. The molecule has 1 aliphatic rings. The summed E-state index contributed by atoms with van der Waals surface area (Å²) < 4.78 is 32.7. The molecule has 0 radical (unpaired) electrons. The molecule has 0 spiro atoms. The summed E-state index contributed by atoms with van der Waals surface area (Å²) in [6, 6.07) is 5.02. The predicted molar refractivity (Wildman–Crippen MR) is 82.9 cm³/mol. The molecule has 2 rings (SSSR count). The molecule has 1 fully saturated rings. The molecule has 1 saturated heterocycles. The maximum atomic E-state index is 12.6. The normalized spacial score (nSPS) is 18.0. The van der Waals surface area contributed by atoms with E-state index >= 15 is 0 Å². The van der Waals surface area contributed by atoms with Crippen LogP contribution in [-0.2, 0) is 10.0 Å². The molecule has 19 heavy (non-hydrogen) atoms. The lowest BCUT2D eigenvalue weighted by Crippen LogP contribution is -2.31. The molecule has 1 aliphatic heterocycles. The fourth-order valence-corrected chi connectivity index (χ4v) is 4.73. The number of halogens is 1. The van der Waals surface area contributed by atoms with E-state index in [1.165, 1.54) is 0 Å². The summed E-state index contributed by atoms with van der Waals surface area (Å²) in [6.45, 7) is 1.26. The largest absolute Gasteiger partial charge is 0.496 e. The van der Waals surface area contributed by atoms with E-state index in [1.807, 2.05) is 0 Å². The van der Waals surface area contributed by atoms with Crippen molar-refractivity contribution in [1.29, 1.82) is 0 Å². The third kappa shape index (κ3) is 3.41. The number of benzene rings is 1. The first kappa shape index (κ1) is 15.1. The SMILES string of the molecule is COc1ccc(S(=O)(=O)N2CCCCCC2)cc1I. The second kappa shape index (κ2) is 6.41.